The summed E-state index contributed by atoms with van der Waals surface area (Å²) in [6.07, 6.45) is 1.32. The zero-order valence-corrected chi connectivity index (χ0v) is 12.8. The molecule has 112 valence electrons. The molecule has 0 radical (unpaired) electrons. The Labute approximate surface area is 125 Å². The first-order valence-corrected chi connectivity index (χ1v) is 8.38. The number of ether oxygens (including phenoxy) is 1. The highest BCUT2D eigenvalue weighted by Gasteiger charge is 2.18. The van der Waals surface area contributed by atoms with Crippen molar-refractivity contribution in [3.05, 3.63) is 59.7 Å². The highest BCUT2D eigenvalue weighted by molar-refractivity contribution is 7.89. The molecule has 5 heteroatoms. The molecule has 0 fully saturated rings. The minimum Gasteiger partial charge on any atom is -0.493 e. The van der Waals surface area contributed by atoms with Gasteiger partial charge in [0.15, 0.2) is 0 Å². The fourth-order valence-corrected chi connectivity index (χ4v) is 2.92. The van der Waals surface area contributed by atoms with Gasteiger partial charge in [-0.1, -0.05) is 43.3 Å². The highest BCUT2D eigenvalue weighted by atomic mass is 32.2. The topological polar surface area (TPSA) is 69.4 Å². The molecule has 0 spiro atoms. The molecule has 0 aromatic heterocycles. The van der Waals surface area contributed by atoms with Gasteiger partial charge in [-0.3, -0.25) is 0 Å². The van der Waals surface area contributed by atoms with E-state index in [1.165, 1.54) is 6.07 Å². The van der Waals surface area contributed by atoms with Crippen LogP contribution in [-0.4, -0.2) is 15.0 Å². The quantitative estimate of drug-likeness (QED) is 0.892. The molecule has 0 heterocycles. The maximum absolute atomic E-state index is 11.8. The summed E-state index contributed by atoms with van der Waals surface area (Å²) in [6.45, 7) is 2.54. The number of nitrogens with two attached hydrogens (primary N) is 1. The van der Waals surface area contributed by atoms with Crippen LogP contribution in [0.5, 0.6) is 5.75 Å². The third-order valence-electron chi connectivity index (χ3n) is 3.08. The van der Waals surface area contributed by atoms with Crippen LogP contribution in [0.3, 0.4) is 0 Å². The van der Waals surface area contributed by atoms with E-state index in [-0.39, 0.29) is 4.90 Å². The Hall–Kier alpha value is -1.85. The molecule has 21 heavy (non-hydrogen) atoms. The third kappa shape index (κ3) is 4.06. The Kier molecular flexibility index (Phi) is 4.98. The lowest BCUT2D eigenvalue weighted by atomic mass is 10.0. The minimum absolute atomic E-state index is 0.125. The zero-order valence-electron chi connectivity index (χ0n) is 12.0. The van der Waals surface area contributed by atoms with Crippen LogP contribution in [0.25, 0.3) is 0 Å². The molecule has 2 N–H and O–H groups in total. The molecular weight excluding hydrogens is 286 g/mol. The van der Waals surface area contributed by atoms with Crippen molar-refractivity contribution in [1.29, 1.82) is 0 Å². The van der Waals surface area contributed by atoms with Crippen molar-refractivity contribution in [3.8, 4) is 5.75 Å². The summed E-state index contributed by atoms with van der Waals surface area (Å²) < 4.78 is 29.3. The average molecular weight is 305 g/mol. The zero-order chi connectivity index (χ0) is 15.3. The molecule has 0 aliphatic heterocycles. The van der Waals surface area contributed by atoms with Gasteiger partial charge in [0, 0.05) is 12.0 Å². The number of hydrogen-bond donors (Lipinski definition) is 1. The monoisotopic (exact) mass is 305 g/mol. The van der Waals surface area contributed by atoms with Crippen molar-refractivity contribution in [2.75, 3.05) is 6.61 Å². The first-order valence-electron chi connectivity index (χ1n) is 6.83. The number of rotatable bonds is 6. The van der Waals surface area contributed by atoms with E-state index in [9.17, 15) is 8.42 Å². The van der Waals surface area contributed by atoms with Gasteiger partial charge in [-0.05, 0) is 24.1 Å². The maximum Gasteiger partial charge on any atom is 0.238 e. The Morgan fingerprint density at radius 1 is 1.05 bits per heavy atom. The molecule has 0 amide bonds. The van der Waals surface area contributed by atoms with Gasteiger partial charge in [0.1, 0.15) is 5.75 Å². The van der Waals surface area contributed by atoms with Crippen molar-refractivity contribution in [3.63, 3.8) is 0 Å². The van der Waals surface area contributed by atoms with Crippen LogP contribution in [0.4, 0.5) is 0 Å². The Balaban J connectivity index is 2.48. The number of benzene rings is 2. The molecule has 4 nitrogen and oxygen atoms in total. The first-order chi connectivity index (χ1) is 10.0. The van der Waals surface area contributed by atoms with Crippen LogP contribution in [0, 0.1) is 0 Å². The lowest BCUT2D eigenvalue weighted by Gasteiger charge is -2.14. The second-order valence-electron chi connectivity index (χ2n) is 4.79. The molecular formula is C16H19NO3S. The molecule has 2 aromatic carbocycles. The minimum atomic E-state index is -3.78. The van der Waals surface area contributed by atoms with Gasteiger partial charge in [-0.15, -0.1) is 0 Å². The van der Waals surface area contributed by atoms with E-state index in [2.05, 4.69) is 0 Å². The van der Waals surface area contributed by atoms with Gasteiger partial charge in [-0.2, -0.15) is 0 Å². The largest absolute Gasteiger partial charge is 0.493 e. The van der Waals surface area contributed by atoms with Crippen LogP contribution in [0.1, 0.15) is 24.5 Å². The van der Waals surface area contributed by atoms with Crippen molar-refractivity contribution in [2.45, 2.75) is 24.7 Å². The molecule has 0 saturated carbocycles. The fraction of sp³-hybridized carbons (Fsp3) is 0.250. The summed E-state index contributed by atoms with van der Waals surface area (Å²) in [7, 11) is -3.78. The van der Waals surface area contributed by atoms with Gasteiger partial charge in [-0.25, -0.2) is 13.6 Å². The van der Waals surface area contributed by atoms with Gasteiger partial charge in [0.25, 0.3) is 0 Å². The van der Waals surface area contributed by atoms with Crippen LogP contribution >= 0.6 is 0 Å². The van der Waals surface area contributed by atoms with E-state index in [1.807, 2.05) is 37.3 Å². The van der Waals surface area contributed by atoms with Gasteiger partial charge >= 0.3 is 0 Å². The standard InChI is InChI=1S/C16H19NO3S/c1-2-11-20-15-9-6-10-16(21(17,18)19)14(15)12-13-7-4-3-5-8-13/h3-10H,2,11-12H2,1H3,(H2,17,18,19). The van der Waals surface area contributed by atoms with Crippen LogP contribution in [0.15, 0.2) is 53.4 Å². The van der Waals surface area contributed by atoms with Crippen LogP contribution < -0.4 is 9.88 Å². The van der Waals surface area contributed by atoms with E-state index in [4.69, 9.17) is 9.88 Å². The lowest BCUT2D eigenvalue weighted by molar-refractivity contribution is 0.313. The predicted molar refractivity (Wildman–Crippen MR) is 82.8 cm³/mol. The lowest BCUT2D eigenvalue weighted by Crippen LogP contribution is -2.15. The summed E-state index contributed by atoms with van der Waals surface area (Å²) in [5.74, 6) is 0.576. The van der Waals surface area contributed by atoms with E-state index in [0.717, 1.165) is 12.0 Å². The highest BCUT2D eigenvalue weighted by Crippen LogP contribution is 2.28. The molecule has 2 rings (SSSR count). The fourth-order valence-electron chi connectivity index (χ4n) is 2.13. The number of hydrogen-bond acceptors (Lipinski definition) is 3. The number of primary sulfonamides is 1. The van der Waals surface area contributed by atoms with E-state index >= 15 is 0 Å². The summed E-state index contributed by atoms with van der Waals surface area (Å²) >= 11 is 0. The average Bonchev–Trinajstić information content (AvgIpc) is 2.46. The molecule has 0 aliphatic rings. The first kappa shape index (κ1) is 15.5. The molecule has 0 atom stereocenters. The van der Waals surface area contributed by atoms with Gasteiger partial charge in [0.2, 0.25) is 10.0 Å². The molecule has 0 aliphatic carbocycles. The van der Waals surface area contributed by atoms with Crippen molar-refractivity contribution >= 4 is 10.0 Å². The SMILES string of the molecule is CCCOc1cccc(S(N)(=O)=O)c1Cc1ccccc1. The van der Waals surface area contributed by atoms with Gasteiger partial charge < -0.3 is 4.74 Å². The van der Waals surface area contributed by atoms with E-state index in [0.29, 0.717) is 24.3 Å². The predicted octanol–water partition coefficient (Wildman–Crippen LogP) is 2.71. The summed E-state index contributed by atoms with van der Waals surface area (Å²) in [4.78, 5) is 0.125. The maximum atomic E-state index is 11.8. The van der Waals surface area contributed by atoms with Crippen LogP contribution in [-0.2, 0) is 16.4 Å². The Bertz CT molecular complexity index is 697. The Morgan fingerprint density at radius 2 is 1.76 bits per heavy atom. The van der Waals surface area contributed by atoms with Gasteiger partial charge in [0.05, 0.1) is 11.5 Å². The summed E-state index contributed by atoms with van der Waals surface area (Å²) in [5.41, 5.74) is 1.62. The smallest absolute Gasteiger partial charge is 0.238 e. The second-order valence-corrected chi connectivity index (χ2v) is 6.32. The van der Waals surface area contributed by atoms with Crippen molar-refractivity contribution in [2.24, 2.45) is 5.14 Å². The molecule has 0 bridgehead atoms. The van der Waals surface area contributed by atoms with E-state index in [1.54, 1.807) is 12.1 Å². The summed E-state index contributed by atoms with van der Waals surface area (Å²) in [6, 6.07) is 14.6. The summed E-state index contributed by atoms with van der Waals surface area (Å²) in [5, 5.41) is 5.33. The molecule has 0 saturated heterocycles. The molecule has 0 unspecified atom stereocenters. The molecule has 2 aromatic rings. The Morgan fingerprint density at radius 3 is 2.38 bits per heavy atom. The third-order valence-corrected chi connectivity index (χ3v) is 4.08. The van der Waals surface area contributed by atoms with Crippen molar-refractivity contribution < 1.29 is 13.2 Å². The van der Waals surface area contributed by atoms with Crippen molar-refractivity contribution in [1.82, 2.24) is 0 Å². The number of sulfonamides is 1. The van der Waals surface area contributed by atoms with E-state index < -0.39 is 10.0 Å². The second kappa shape index (κ2) is 6.74. The van der Waals surface area contributed by atoms with Crippen LogP contribution in [0.2, 0.25) is 0 Å². The normalized spacial score (nSPS) is 11.3.